The first-order chi connectivity index (χ1) is 8.68. The number of aromatic nitrogens is 3. The van der Waals surface area contributed by atoms with Gasteiger partial charge in [0.2, 0.25) is 0 Å². The maximum Gasteiger partial charge on any atom is 0.358 e. The number of benzene rings is 1. The Morgan fingerprint density at radius 2 is 2.22 bits per heavy atom. The standard InChI is InChI=1S/C12H9N3O3/c1-6-5-18-8-4-2-3-7(9(6)8)10-11(12(16)17)14-15-13-10/h2-5H,1H3,(H,16,17)(H,13,14,15). The molecule has 0 saturated carbocycles. The van der Waals surface area contributed by atoms with Crippen molar-refractivity contribution < 1.29 is 14.3 Å². The zero-order valence-corrected chi connectivity index (χ0v) is 9.47. The number of aromatic carboxylic acids is 1. The lowest BCUT2D eigenvalue weighted by Crippen LogP contribution is -1.99. The average Bonchev–Trinajstić information content (AvgIpc) is 2.96. The summed E-state index contributed by atoms with van der Waals surface area (Å²) in [6, 6.07) is 5.42. The fourth-order valence-corrected chi connectivity index (χ4v) is 2.01. The highest BCUT2D eigenvalue weighted by atomic mass is 16.4. The van der Waals surface area contributed by atoms with Crippen molar-refractivity contribution in [2.45, 2.75) is 6.92 Å². The van der Waals surface area contributed by atoms with Crippen molar-refractivity contribution in [3.63, 3.8) is 0 Å². The Balaban J connectivity index is 2.35. The molecule has 18 heavy (non-hydrogen) atoms. The van der Waals surface area contributed by atoms with E-state index in [9.17, 15) is 4.79 Å². The summed E-state index contributed by atoms with van der Waals surface area (Å²) in [7, 11) is 0. The summed E-state index contributed by atoms with van der Waals surface area (Å²) in [6.07, 6.45) is 1.63. The highest BCUT2D eigenvalue weighted by Crippen LogP contribution is 2.32. The molecular formula is C12H9N3O3. The number of carboxylic acids is 1. The quantitative estimate of drug-likeness (QED) is 0.720. The van der Waals surface area contributed by atoms with Crippen molar-refractivity contribution in [1.29, 1.82) is 0 Å². The predicted octanol–water partition coefficient (Wildman–Crippen LogP) is 2.22. The van der Waals surface area contributed by atoms with Crippen molar-refractivity contribution >= 4 is 16.9 Å². The third-order valence-corrected chi connectivity index (χ3v) is 2.79. The highest BCUT2D eigenvalue weighted by Gasteiger charge is 2.20. The Bertz CT molecular complexity index is 742. The van der Waals surface area contributed by atoms with Crippen molar-refractivity contribution in [3.8, 4) is 11.3 Å². The molecule has 0 aliphatic heterocycles. The molecule has 0 aliphatic rings. The summed E-state index contributed by atoms with van der Waals surface area (Å²) in [4.78, 5) is 11.1. The van der Waals surface area contributed by atoms with Crippen LogP contribution in [0.3, 0.4) is 0 Å². The van der Waals surface area contributed by atoms with Gasteiger partial charge in [-0.3, -0.25) is 0 Å². The Morgan fingerprint density at radius 3 is 3.00 bits per heavy atom. The summed E-state index contributed by atoms with van der Waals surface area (Å²) in [5, 5.41) is 19.8. The molecule has 2 N–H and O–H groups in total. The lowest BCUT2D eigenvalue weighted by molar-refractivity contribution is 0.0691. The number of aromatic amines is 1. The third-order valence-electron chi connectivity index (χ3n) is 2.79. The predicted molar refractivity (Wildman–Crippen MR) is 63.3 cm³/mol. The topological polar surface area (TPSA) is 92.0 Å². The van der Waals surface area contributed by atoms with Gasteiger partial charge in [-0.2, -0.15) is 10.3 Å². The van der Waals surface area contributed by atoms with Crippen molar-refractivity contribution in [2.75, 3.05) is 0 Å². The van der Waals surface area contributed by atoms with Gasteiger partial charge in [-0.25, -0.2) is 4.79 Å². The van der Waals surface area contributed by atoms with Crippen molar-refractivity contribution in [3.05, 3.63) is 35.7 Å². The minimum Gasteiger partial charge on any atom is -0.476 e. The fraction of sp³-hybridized carbons (Fsp3) is 0.0833. The van der Waals surface area contributed by atoms with Gasteiger partial charge in [-0.05, 0) is 18.6 Å². The van der Waals surface area contributed by atoms with Crippen LogP contribution in [0.15, 0.2) is 28.9 Å². The number of nitrogens with zero attached hydrogens (tertiary/aromatic N) is 2. The number of rotatable bonds is 2. The first-order valence-electron chi connectivity index (χ1n) is 5.29. The largest absolute Gasteiger partial charge is 0.476 e. The summed E-state index contributed by atoms with van der Waals surface area (Å²) in [5.74, 6) is -1.11. The first kappa shape index (κ1) is 10.5. The molecule has 2 aromatic heterocycles. The van der Waals surface area contributed by atoms with Gasteiger partial charge in [0.15, 0.2) is 5.69 Å². The maximum atomic E-state index is 11.1. The van der Waals surface area contributed by atoms with Gasteiger partial charge < -0.3 is 9.52 Å². The van der Waals surface area contributed by atoms with Crippen molar-refractivity contribution in [2.24, 2.45) is 0 Å². The lowest BCUT2D eigenvalue weighted by atomic mass is 10.0. The van der Waals surface area contributed by atoms with E-state index in [0.29, 0.717) is 16.8 Å². The molecule has 0 unspecified atom stereocenters. The first-order valence-corrected chi connectivity index (χ1v) is 5.29. The minimum atomic E-state index is -1.11. The molecule has 6 heteroatoms. The Hall–Kier alpha value is -2.63. The Kier molecular flexibility index (Phi) is 2.16. The summed E-state index contributed by atoms with van der Waals surface area (Å²) in [5.41, 5.74) is 2.55. The molecule has 0 saturated heterocycles. The number of hydrogen-bond acceptors (Lipinski definition) is 4. The van der Waals surface area contributed by atoms with Crippen molar-refractivity contribution in [1.82, 2.24) is 15.4 Å². The van der Waals surface area contributed by atoms with Gasteiger partial charge in [0, 0.05) is 10.9 Å². The smallest absolute Gasteiger partial charge is 0.358 e. The third kappa shape index (κ3) is 1.39. The normalized spacial score (nSPS) is 10.9. The number of fused-ring (bicyclic) bond motifs is 1. The lowest BCUT2D eigenvalue weighted by Gasteiger charge is -2.00. The van der Waals surface area contributed by atoms with Crippen LogP contribution in [-0.4, -0.2) is 26.5 Å². The number of carbonyl (C=O) groups is 1. The molecule has 0 aliphatic carbocycles. The van der Waals surface area contributed by atoms with E-state index < -0.39 is 5.97 Å². The van der Waals surface area contributed by atoms with Crippen LogP contribution in [-0.2, 0) is 0 Å². The number of hydrogen-bond donors (Lipinski definition) is 2. The SMILES string of the molecule is Cc1coc2cccc(-c3n[nH]nc3C(=O)O)c12. The Labute approximate surface area is 101 Å². The van der Waals surface area contributed by atoms with E-state index in [0.717, 1.165) is 10.9 Å². The monoisotopic (exact) mass is 243 g/mol. The molecule has 0 fully saturated rings. The average molecular weight is 243 g/mol. The van der Waals surface area contributed by atoms with Crippen LogP contribution in [0.4, 0.5) is 0 Å². The molecule has 0 bridgehead atoms. The second-order valence-electron chi connectivity index (χ2n) is 3.92. The minimum absolute atomic E-state index is 0.0944. The second kappa shape index (κ2) is 3.69. The van der Waals surface area contributed by atoms with Crippen LogP contribution in [0, 0.1) is 6.92 Å². The molecule has 0 amide bonds. The molecule has 1 aromatic carbocycles. The molecular weight excluding hydrogens is 234 g/mol. The number of furan rings is 1. The van der Waals surface area contributed by atoms with E-state index >= 15 is 0 Å². The molecule has 2 heterocycles. The van der Waals surface area contributed by atoms with Gasteiger partial charge in [0.05, 0.1) is 6.26 Å². The number of aryl methyl sites for hydroxylation is 1. The van der Waals surface area contributed by atoms with E-state index in [4.69, 9.17) is 9.52 Å². The number of nitrogens with one attached hydrogen (secondary N) is 1. The van der Waals surface area contributed by atoms with E-state index in [2.05, 4.69) is 15.4 Å². The summed E-state index contributed by atoms with van der Waals surface area (Å²) < 4.78 is 5.38. The number of carboxylic acid groups (broad SMARTS) is 1. The Morgan fingerprint density at radius 1 is 1.39 bits per heavy atom. The van der Waals surface area contributed by atoms with Crippen LogP contribution in [0.1, 0.15) is 16.1 Å². The molecule has 0 atom stereocenters. The van der Waals surface area contributed by atoms with Gasteiger partial charge in [0.25, 0.3) is 0 Å². The zero-order valence-electron chi connectivity index (χ0n) is 9.47. The summed E-state index contributed by atoms with van der Waals surface area (Å²) >= 11 is 0. The van der Waals surface area contributed by atoms with E-state index in [1.165, 1.54) is 0 Å². The number of H-pyrrole nitrogens is 1. The van der Waals surface area contributed by atoms with E-state index in [1.54, 1.807) is 18.4 Å². The summed E-state index contributed by atoms with van der Waals surface area (Å²) in [6.45, 7) is 1.90. The zero-order chi connectivity index (χ0) is 12.7. The van der Waals surface area contributed by atoms with Gasteiger partial charge in [0.1, 0.15) is 11.3 Å². The van der Waals surface area contributed by atoms with Crippen LogP contribution in [0.2, 0.25) is 0 Å². The van der Waals surface area contributed by atoms with E-state index in [1.807, 2.05) is 13.0 Å². The molecule has 3 rings (SSSR count). The van der Waals surface area contributed by atoms with E-state index in [-0.39, 0.29) is 5.69 Å². The van der Waals surface area contributed by atoms with Gasteiger partial charge in [-0.15, -0.1) is 5.10 Å². The molecule has 6 nitrogen and oxygen atoms in total. The van der Waals surface area contributed by atoms with Crippen LogP contribution >= 0.6 is 0 Å². The van der Waals surface area contributed by atoms with Gasteiger partial charge >= 0.3 is 5.97 Å². The molecule has 0 spiro atoms. The van der Waals surface area contributed by atoms with Crippen LogP contribution < -0.4 is 0 Å². The molecule has 0 radical (unpaired) electrons. The molecule has 90 valence electrons. The van der Waals surface area contributed by atoms with Crippen LogP contribution in [0.5, 0.6) is 0 Å². The maximum absolute atomic E-state index is 11.1. The second-order valence-corrected chi connectivity index (χ2v) is 3.92. The molecule has 3 aromatic rings. The van der Waals surface area contributed by atoms with Gasteiger partial charge in [-0.1, -0.05) is 12.1 Å². The fourth-order valence-electron chi connectivity index (χ4n) is 2.01. The highest BCUT2D eigenvalue weighted by molar-refractivity contribution is 6.01. The van der Waals surface area contributed by atoms with Crippen LogP contribution in [0.25, 0.3) is 22.2 Å².